The van der Waals surface area contributed by atoms with E-state index in [4.69, 9.17) is 0 Å². The first-order valence-electron chi connectivity index (χ1n) is 8.87. The van der Waals surface area contributed by atoms with Crippen LogP contribution in [0.4, 0.5) is 0 Å². The Bertz CT molecular complexity index is 535. The predicted octanol–water partition coefficient (Wildman–Crippen LogP) is 5.70. The van der Waals surface area contributed by atoms with Gasteiger partial charge in [-0.3, -0.25) is 4.79 Å². The van der Waals surface area contributed by atoms with Gasteiger partial charge in [-0.1, -0.05) is 38.7 Å². The molecule has 2 nitrogen and oxygen atoms in total. The molecule has 3 heteroatoms. The molecule has 0 saturated heterocycles. The Labute approximate surface area is 144 Å². The van der Waals surface area contributed by atoms with Crippen LogP contribution in [0.25, 0.3) is 0 Å². The van der Waals surface area contributed by atoms with Crippen LogP contribution in [0, 0.1) is 6.92 Å². The zero-order valence-corrected chi connectivity index (χ0v) is 17.5. The number of hydrogen-bond acceptors (Lipinski definition) is 1. The van der Waals surface area contributed by atoms with Crippen molar-refractivity contribution in [2.24, 2.45) is 0 Å². The maximum Gasteiger partial charge on any atom is 0.254 e. The second-order valence-corrected chi connectivity index (χ2v) is 14.2. The Morgan fingerprint density at radius 1 is 1.04 bits per heavy atom. The van der Waals surface area contributed by atoms with Gasteiger partial charge in [0.25, 0.3) is 5.91 Å². The second-order valence-electron chi connectivity index (χ2n) is 8.64. The third kappa shape index (κ3) is 5.49. The number of carbonyl (C=O) groups excluding carboxylic acids is 1. The summed E-state index contributed by atoms with van der Waals surface area (Å²) in [5.41, 5.74) is 3.47. The third-order valence-electron chi connectivity index (χ3n) is 4.32. The van der Waals surface area contributed by atoms with Gasteiger partial charge in [0, 0.05) is 25.7 Å². The molecule has 0 aliphatic rings. The molecule has 1 rings (SSSR count). The lowest BCUT2D eigenvalue weighted by atomic mass is 9.95. The van der Waals surface area contributed by atoms with Gasteiger partial charge in [0.05, 0.1) is 0 Å². The van der Waals surface area contributed by atoms with Crippen LogP contribution < -0.4 is 0 Å². The topological polar surface area (TPSA) is 20.3 Å². The van der Waals surface area contributed by atoms with E-state index in [1.54, 1.807) is 0 Å². The van der Waals surface area contributed by atoms with Gasteiger partial charge in [0.15, 0.2) is 0 Å². The highest BCUT2D eigenvalue weighted by atomic mass is 28.3. The highest BCUT2D eigenvalue weighted by Crippen LogP contribution is 2.29. The summed E-state index contributed by atoms with van der Waals surface area (Å²) in [5.74, 6) is 0.664. The van der Waals surface area contributed by atoms with Crippen molar-refractivity contribution in [3.63, 3.8) is 0 Å². The Balaban J connectivity index is 3.16. The Hall–Kier alpha value is -1.09. The molecule has 0 fully saturated rings. The average molecular weight is 334 g/mol. The summed E-state index contributed by atoms with van der Waals surface area (Å²) in [7, 11) is -1.12. The van der Waals surface area contributed by atoms with Gasteiger partial charge in [-0.25, -0.2) is 0 Å². The van der Waals surface area contributed by atoms with Gasteiger partial charge < -0.3 is 4.90 Å². The number of rotatable bonds is 6. The molecule has 1 aromatic carbocycles. The molecular weight excluding hydrogens is 298 g/mol. The van der Waals surface area contributed by atoms with Crippen molar-refractivity contribution in [2.45, 2.75) is 85.2 Å². The highest BCUT2D eigenvalue weighted by molar-refractivity contribution is 6.76. The average Bonchev–Trinajstić information content (AvgIpc) is 2.35. The molecule has 0 aliphatic heterocycles. The van der Waals surface area contributed by atoms with Gasteiger partial charge in [0.2, 0.25) is 0 Å². The summed E-state index contributed by atoms with van der Waals surface area (Å²) in [4.78, 5) is 14.9. The molecule has 1 atom stereocenters. The lowest BCUT2D eigenvalue weighted by Crippen LogP contribution is -2.42. The van der Waals surface area contributed by atoms with E-state index in [0.29, 0.717) is 5.92 Å². The minimum Gasteiger partial charge on any atom is -0.334 e. The summed E-state index contributed by atoms with van der Waals surface area (Å²) in [6, 6.07) is 7.92. The molecule has 130 valence electrons. The van der Waals surface area contributed by atoms with Gasteiger partial charge in [-0.05, 0) is 63.8 Å². The van der Waals surface area contributed by atoms with Crippen LogP contribution in [0.5, 0.6) is 0 Å². The zero-order chi connectivity index (χ0) is 17.9. The van der Waals surface area contributed by atoms with Crippen molar-refractivity contribution in [1.82, 2.24) is 4.90 Å². The van der Waals surface area contributed by atoms with E-state index in [-0.39, 0.29) is 18.0 Å². The van der Waals surface area contributed by atoms with Crippen molar-refractivity contribution in [2.75, 3.05) is 0 Å². The molecular formula is C20H35NOSi. The van der Waals surface area contributed by atoms with E-state index in [0.717, 1.165) is 5.56 Å². The van der Waals surface area contributed by atoms with Crippen LogP contribution in [0.15, 0.2) is 18.2 Å². The summed E-state index contributed by atoms with van der Waals surface area (Å²) in [5, 5.41) is 0. The highest BCUT2D eigenvalue weighted by Gasteiger charge is 2.24. The van der Waals surface area contributed by atoms with Gasteiger partial charge in [-0.15, -0.1) is 0 Å². The molecule has 1 unspecified atom stereocenters. The van der Waals surface area contributed by atoms with E-state index < -0.39 is 8.07 Å². The molecule has 0 spiro atoms. The Kier molecular flexibility index (Phi) is 6.64. The van der Waals surface area contributed by atoms with Crippen LogP contribution in [-0.4, -0.2) is 31.0 Å². The number of benzene rings is 1. The van der Waals surface area contributed by atoms with Gasteiger partial charge in [-0.2, -0.15) is 0 Å². The van der Waals surface area contributed by atoms with Crippen LogP contribution in [0.3, 0.4) is 0 Å². The van der Waals surface area contributed by atoms with Gasteiger partial charge >= 0.3 is 0 Å². The first-order valence-corrected chi connectivity index (χ1v) is 12.6. The maximum absolute atomic E-state index is 12.9. The quantitative estimate of drug-likeness (QED) is 0.612. The largest absolute Gasteiger partial charge is 0.334 e. The lowest BCUT2D eigenvalue weighted by molar-refractivity contribution is 0.0643. The fourth-order valence-corrected chi connectivity index (χ4v) is 5.60. The van der Waals surface area contributed by atoms with Crippen molar-refractivity contribution < 1.29 is 4.79 Å². The number of aryl methyl sites for hydroxylation is 1. The molecule has 0 aliphatic carbocycles. The van der Waals surface area contributed by atoms with E-state index in [9.17, 15) is 4.79 Å². The maximum atomic E-state index is 12.9. The number of nitrogens with zero attached hydrogens (tertiary/aromatic N) is 1. The Morgan fingerprint density at radius 2 is 1.57 bits per heavy atom. The van der Waals surface area contributed by atoms with E-state index in [1.807, 2.05) is 11.0 Å². The van der Waals surface area contributed by atoms with Crippen LogP contribution in [-0.2, 0) is 0 Å². The molecule has 0 bridgehead atoms. The number of carbonyl (C=O) groups is 1. The first kappa shape index (κ1) is 20.0. The summed E-state index contributed by atoms with van der Waals surface area (Å²) >= 11 is 0. The van der Waals surface area contributed by atoms with Crippen molar-refractivity contribution in [1.29, 1.82) is 0 Å². The van der Waals surface area contributed by atoms with Crippen LogP contribution >= 0.6 is 0 Å². The van der Waals surface area contributed by atoms with Crippen LogP contribution in [0.2, 0.25) is 25.7 Å². The van der Waals surface area contributed by atoms with Gasteiger partial charge in [0.1, 0.15) is 0 Å². The molecule has 23 heavy (non-hydrogen) atoms. The molecule has 0 saturated carbocycles. The fraction of sp³-hybridized carbons (Fsp3) is 0.650. The molecule has 0 radical (unpaired) electrons. The number of hydrogen-bond donors (Lipinski definition) is 0. The smallest absolute Gasteiger partial charge is 0.254 e. The monoisotopic (exact) mass is 333 g/mol. The third-order valence-corrected chi connectivity index (χ3v) is 6.16. The van der Waals surface area contributed by atoms with Crippen molar-refractivity contribution >= 4 is 14.0 Å². The first-order chi connectivity index (χ1) is 10.4. The summed E-state index contributed by atoms with van der Waals surface area (Å²) in [6.07, 6.45) is 0. The van der Waals surface area contributed by atoms with E-state index >= 15 is 0 Å². The zero-order valence-electron chi connectivity index (χ0n) is 16.5. The minimum absolute atomic E-state index is 0.149. The predicted molar refractivity (Wildman–Crippen MR) is 104 cm³/mol. The molecule has 1 aromatic rings. The minimum atomic E-state index is -1.12. The summed E-state index contributed by atoms with van der Waals surface area (Å²) < 4.78 is 0. The lowest BCUT2D eigenvalue weighted by Gasteiger charge is -2.31. The normalized spacial score (nSPS) is 13.5. The van der Waals surface area contributed by atoms with Crippen molar-refractivity contribution in [3.8, 4) is 0 Å². The molecule has 0 aromatic heterocycles. The molecule has 0 N–H and O–H groups in total. The standard InChI is InChI=1S/C20H35NOSi/c1-14(2)21(15(3)4)20(22)18-11-10-16(5)19(12-18)17(6)13-23(7,8)9/h10-12,14-15,17H,13H2,1-9H3. The fourth-order valence-electron chi connectivity index (χ4n) is 3.55. The van der Waals surface area contributed by atoms with E-state index in [2.05, 4.69) is 73.3 Å². The summed E-state index contributed by atoms with van der Waals surface area (Å²) in [6.45, 7) is 20.0. The SMILES string of the molecule is Cc1ccc(C(=O)N(C(C)C)C(C)C)cc1C(C)C[Si](C)(C)C. The molecule has 0 heterocycles. The number of amides is 1. The van der Waals surface area contributed by atoms with Crippen LogP contribution in [0.1, 0.15) is 62.0 Å². The van der Waals surface area contributed by atoms with Crippen molar-refractivity contribution in [3.05, 3.63) is 34.9 Å². The molecule has 1 amide bonds. The van der Waals surface area contributed by atoms with E-state index in [1.165, 1.54) is 17.2 Å². The second kappa shape index (κ2) is 7.65. The Morgan fingerprint density at radius 3 is 2.00 bits per heavy atom.